The highest BCUT2D eigenvalue weighted by Gasteiger charge is 2.09. The SMILES string of the molecule is O=C(N/N=C\c1c(OCc2ccc(F)cc2)ccc2ccccc12)c1cccc(Br)c1. The van der Waals surface area contributed by atoms with Crippen molar-refractivity contribution in [2.24, 2.45) is 5.10 Å². The number of hydrazone groups is 1. The smallest absolute Gasteiger partial charge is 0.271 e. The van der Waals surface area contributed by atoms with E-state index in [-0.39, 0.29) is 18.3 Å². The molecule has 1 amide bonds. The summed E-state index contributed by atoms with van der Waals surface area (Å²) in [6, 6.07) is 24.9. The van der Waals surface area contributed by atoms with Gasteiger partial charge in [-0.1, -0.05) is 64.5 Å². The van der Waals surface area contributed by atoms with E-state index >= 15 is 0 Å². The van der Waals surface area contributed by atoms with Gasteiger partial charge in [0.05, 0.1) is 6.21 Å². The summed E-state index contributed by atoms with van der Waals surface area (Å²) in [7, 11) is 0. The van der Waals surface area contributed by atoms with E-state index < -0.39 is 0 Å². The van der Waals surface area contributed by atoms with Crippen LogP contribution in [0.15, 0.2) is 94.5 Å². The van der Waals surface area contributed by atoms with Crippen molar-refractivity contribution in [3.8, 4) is 5.75 Å². The normalized spacial score (nSPS) is 11.0. The van der Waals surface area contributed by atoms with Gasteiger partial charge in [0.25, 0.3) is 5.91 Å². The fraction of sp³-hybridized carbons (Fsp3) is 0.0400. The van der Waals surface area contributed by atoms with Gasteiger partial charge in [0.2, 0.25) is 0 Å². The minimum Gasteiger partial charge on any atom is -0.488 e. The van der Waals surface area contributed by atoms with Crippen LogP contribution in [0.2, 0.25) is 0 Å². The second kappa shape index (κ2) is 9.53. The molecule has 0 saturated carbocycles. The van der Waals surface area contributed by atoms with Crippen molar-refractivity contribution in [3.63, 3.8) is 0 Å². The van der Waals surface area contributed by atoms with Gasteiger partial charge < -0.3 is 4.74 Å². The van der Waals surface area contributed by atoms with Gasteiger partial charge in [-0.2, -0.15) is 5.10 Å². The number of benzene rings is 4. The van der Waals surface area contributed by atoms with E-state index in [9.17, 15) is 9.18 Å². The molecule has 1 N–H and O–H groups in total. The minimum absolute atomic E-state index is 0.282. The average Bonchev–Trinajstić information content (AvgIpc) is 2.79. The summed E-state index contributed by atoms with van der Waals surface area (Å²) in [6.07, 6.45) is 1.58. The highest BCUT2D eigenvalue weighted by molar-refractivity contribution is 9.10. The van der Waals surface area contributed by atoms with Crippen LogP contribution in [-0.4, -0.2) is 12.1 Å². The number of fused-ring (bicyclic) bond motifs is 1. The fourth-order valence-corrected chi connectivity index (χ4v) is 3.53. The molecule has 6 heteroatoms. The van der Waals surface area contributed by atoms with Crippen molar-refractivity contribution < 1.29 is 13.9 Å². The van der Waals surface area contributed by atoms with Crippen LogP contribution in [0.1, 0.15) is 21.5 Å². The van der Waals surface area contributed by atoms with Crippen LogP contribution in [0.5, 0.6) is 5.75 Å². The first kappa shape index (κ1) is 20.8. The maximum Gasteiger partial charge on any atom is 0.271 e. The molecule has 4 aromatic rings. The zero-order valence-electron chi connectivity index (χ0n) is 16.4. The van der Waals surface area contributed by atoms with E-state index in [0.717, 1.165) is 26.4 Å². The average molecular weight is 477 g/mol. The molecule has 0 radical (unpaired) electrons. The molecule has 0 heterocycles. The Kier molecular flexibility index (Phi) is 6.38. The molecule has 31 heavy (non-hydrogen) atoms. The number of nitrogens with one attached hydrogen (secondary N) is 1. The Hall–Kier alpha value is -3.51. The number of ether oxygens (including phenoxy) is 1. The monoisotopic (exact) mass is 476 g/mol. The van der Waals surface area contributed by atoms with Crippen LogP contribution < -0.4 is 10.2 Å². The molecule has 0 bridgehead atoms. The Morgan fingerprint density at radius 1 is 1.00 bits per heavy atom. The maximum absolute atomic E-state index is 13.1. The third-order valence-corrected chi connectivity index (χ3v) is 5.18. The summed E-state index contributed by atoms with van der Waals surface area (Å²) in [5.41, 5.74) is 4.65. The molecule has 0 spiro atoms. The van der Waals surface area contributed by atoms with Crippen molar-refractivity contribution in [2.75, 3.05) is 0 Å². The summed E-state index contributed by atoms with van der Waals surface area (Å²) in [4.78, 5) is 12.4. The van der Waals surface area contributed by atoms with E-state index in [1.54, 1.807) is 36.5 Å². The molecule has 4 aromatic carbocycles. The van der Waals surface area contributed by atoms with Crippen LogP contribution in [0, 0.1) is 5.82 Å². The van der Waals surface area contributed by atoms with E-state index in [2.05, 4.69) is 26.5 Å². The van der Waals surface area contributed by atoms with E-state index in [4.69, 9.17) is 4.74 Å². The lowest BCUT2D eigenvalue weighted by molar-refractivity contribution is 0.0955. The van der Waals surface area contributed by atoms with Gasteiger partial charge >= 0.3 is 0 Å². The first-order valence-corrected chi connectivity index (χ1v) is 10.4. The van der Waals surface area contributed by atoms with Gasteiger partial charge in [-0.15, -0.1) is 0 Å². The maximum atomic E-state index is 13.1. The molecule has 0 aromatic heterocycles. The lowest BCUT2D eigenvalue weighted by Gasteiger charge is -2.12. The predicted molar refractivity (Wildman–Crippen MR) is 124 cm³/mol. The summed E-state index contributed by atoms with van der Waals surface area (Å²) >= 11 is 3.36. The zero-order valence-corrected chi connectivity index (χ0v) is 18.0. The predicted octanol–water partition coefficient (Wildman–Crippen LogP) is 6.08. The summed E-state index contributed by atoms with van der Waals surface area (Å²) in [5, 5.41) is 6.12. The Morgan fingerprint density at radius 2 is 1.81 bits per heavy atom. The molecule has 0 aliphatic heterocycles. The number of rotatable bonds is 6. The highest BCUT2D eigenvalue weighted by atomic mass is 79.9. The molecule has 4 rings (SSSR count). The Morgan fingerprint density at radius 3 is 2.61 bits per heavy atom. The number of hydrogen-bond donors (Lipinski definition) is 1. The van der Waals surface area contributed by atoms with Gasteiger partial charge in [-0.05, 0) is 52.7 Å². The number of hydrogen-bond acceptors (Lipinski definition) is 3. The molecule has 0 unspecified atom stereocenters. The van der Waals surface area contributed by atoms with Gasteiger partial charge in [0, 0.05) is 15.6 Å². The number of amides is 1. The molecule has 0 aliphatic carbocycles. The van der Waals surface area contributed by atoms with Crippen LogP contribution in [0.4, 0.5) is 4.39 Å². The van der Waals surface area contributed by atoms with Gasteiger partial charge in [-0.25, -0.2) is 9.82 Å². The van der Waals surface area contributed by atoms with Gasteiger partial charge in [0.15, 0.2) is 0 Å². The largest absolute Gasteiger partial charge is 0.488 e. The quantitative estimate of drug-likeness (QED) is 0.270. The highest BCUT2D eigenvalue weighted by Crippen LogP contribution is 2.27. The molecule has 0 aliphatic rings. The molecular weight excluding hydrogens is 459 g/mol. The molecule has 154 valence electrons. The number of carbonyl (C=O) groups is 1. The molecule has 0 atom stereocenters. The van der Waals surface area contributed by atoms with E-state index in [1.165, 1.54) is 12.1 Å². The van der Waals surface area contributed by atoms with E-state index in [0.29, 0.717) is 11.3 Å². The summed E-state index contributed by atoms with van der Waals surface area (Å²) < 4.78 is 20.0. The van der Waals surface area contributed by atoms with Crippen LogP contribution in [0.3, 0.4) is 0 Å². The topological polar surface area (TPSA) is 50.7 Å². The number of carbonyl (C=O) groups excluding carboxylic acids is 1. The Labute approximate surface area is 187 Å². The van der Waals surface area contributed by atoms with Crippen molar-refractivity contribution in [2.45, 2.75) is 6.61 Å². The Balaban J connectivity index is 1.58. The lowest BCUT2D eigenvalue weighted by Crippen LogP contribution is -2.17. The molecular formula is C25H18BrFN2O2. The molecule has 4 nitrogen and oxygen atoms in total. The molecule has 0 saturated heterocycles. The number of nitrogens with zero attached hydrogens (tertiary/aromatic N) is 1. The number of halogens is 2. The second-order valence-electron chi connectivity index (χ2n) is 6.82. The standard InChI is InChI=1S/C25H18BrFN2O2/c26-20-6-3-5-19(14-20)25(30)29-28-15-23-22-7-2-1-4-18(22)10-13-24(23)31-16-17-8-11-21(27)12-9-17/h1-15H,16H2,(H,29,30)/b28-15-. The van der Waals surface area contributed by atoms with Crippen LogP contribution in [0.25, 0.3) is 10.8 Å². The van der Waals surface area contributed by atoms with Crippen LogP contribution in [-0.2, 0) is 6.61 Å². The first-order valence-electron chi connectivity index (χ1n) is 9.58. The van der Waals surface area contributed by atoms with Crippen molar-refractivity contribution in [1.82, 2.24) is 5.43 Å². The Bertz CT molecular complexity index is 1260. The summed E-state index contributed by atoms with van der Waals surface area (Å²) in [5.74, 6) is 0.0125. The van der Waals surface area contributed by atoms with E-state index in [1.807, 2.05) is 42.5 Å². The van der Waals surface area contributed by atoms with Crippen LogP contribution >= 0.6 is 15.9 Å². The second-order valence-corrected chi connectivity index (χ2v) is 7.74. The van der Waals surface area contributed by atoms with Gasteiger partial charge in [-0.3, -0.25) is 4.79 Å². The van der Waals surface area contributed by atoms with Crippen molar-refractivity contribution in [1.29, 1.82) is 0 Å². The van der Waals surface area contributed by atoms with Crippen molar-refractivity contribution >= 4 is 38.8 Å². The fourth-order valence-electron chi connectivity index (χ4n) is 3.13. The zero-order chi connectivity index (χ0) is 21.6. The molecule has 0 fully saturated rings. The summed E-state index contributed by atoms with van der Waals surface area (Å²) in [6.45, 7) is 0.282. The van der Waals surface area contributed by atoms with Crippen molar-refractivity contribution in [3.05, 3.63) is 112 Å². The minimum atomic E-state index is -0.313. The lowest BCUT2D eigenvalue weighted by atomic mass is 10.0. The third-order valence-electron chi connectivity index (χ3n) is 4.68. The first-order chi connectivity index (χ1) is 15.1. The van der Waals surface area contributed by atoms with Gasteiger partial charge in [0.1, 0.15) is 18.2 Å². The third kappa shape index (κ3) is 5.16.